The van der Waals surface area contributed by atoms with Crippen LogP contribution in [0.4, 0.5) is 18.0 Å². The van der Waals surface area contributed by atoms with Gasteiger partial charge < -0.3 is 15.2 Å². The topological polar surface area (TPSA) is 75.6 Å². The second kappa shape index (κ2) is 7.77. The fourth-order valence-electron chi connectivity index (χ4n) is 0.428. The Morgan fingerprint density at radius 1 is 1.38 bits per heavy atom. The zero-order valence-electron chi connectivity index (χ0n) is 9.09. The largest absolute Gasteiger partial charge is 0.480 e. The van der Waals surface area contributed by atoms with Gasteiger partial charge in [-0.3, -0.25) is 4.79 Å². The van der Waals surface area contributed by atoms with Crippen molar-refractivity contribution in [3.63, 3.8) is 0 Å². The molecule has 0 fully saturated rings. The van der Waals surface area contributed by atoms with Gasteiger partial charge in [0.1, 0.15) is 6.04 Å². The predicted molar refractivity (Wildman–Crippen MR) is 49.0 cm³/mol. The zero-order chi connectivity index (χ0) is 13.4. The number of hydrogen-bond donors (Lipinski definition) is 2. The van der Waals surface area contributed by atoms with E-state index in [0.717, 1.165) is 6.92 Å². The summed E-state index contributed by atoms with van der Waals surface area (Å²) in [7, 11) is 0. The van der Waals surface area contributed by atoms with Gasteiger partial charge in [-0.15, -0.1) is 0 Å². The summed E-state index contributed by atoms with van der Waals surface area (Å²) in [5, 5.41) is 9.96. The van der Waals surface area contributed by atoms with Crippen molar-refractivity contribution in [3.8, 4) is 0 Å². The molecule has 1 atom stereocenters. The summed E-state index contributed by atoms with van der Waals surface area (Å²) in [4.78, 5) is 20.7. The van der Waals surface area contributed by atoms with E-state index < -0.39 is 30.9 Å². The van der Waals surface area contributed by atoms with Gasteiger partial charge in [0.2, 0.25) is 0 Å². The van der Waals surface area contributed by atoms with Crippen molar-refractivity contribution in [1.82, 2.24) is 5.32 Å². The van der Waals surface area contributed by atoms with Crippen LogP contribution >= 0.6 is 0 Å². The molecule has 0 aliphatic carbocycles. The number of carboxylic acids is 1. The molecule has 2 N–H and O–H groups in total. The lowest BCUT2D eigenvalue weighted by Crippen LogP contribution is -2.39. The molecule has 1 amide bonds. The standard InChI is InChI=1S/C6H8F3NO4.C2H6/c1-3(4(11)12)10-5(13)14-2-6(7,8)9;1-2/h3H,2H2,1H3,(H,10,13)(H,11,12);1-2H3/t3-;/m0./s1. The molecule has 0 bridgehead atoms. The van der Waals surface area contributed by atoms with Crippen LogP contribution in [0.15, 0.2) is 0 Å². The van der Waals surface area contributed by atoms with Crippen molar-refractivity contribution in [2.24, 2.45) is 0 Å². The summed E-state index contributed by atoms with van der Waals surface area (Å²) in [6.07, 6.45) is -6.04. The molecule has 0 aliphatic rings. The normalized spacial score (nSPS) is 11.9. The van der Waals surface area contributed by atoms with Crippen LogP contribution in [0.3, 0.4) is 0 Å². The number of aliphatic carboxylic acids is 1. The Morgan fingerprint density at radius 2 is 1.81 bits per heavy atom. The Morgan fingerprint density at radius 3 is 2.12 bits per heavy atom. The van der Waals surface area contributed by atoms with Crippen LogP contribution < -0.4 is 5.32 Å². The first-order valence-corrected chi connectivity index (χ1v) is 4.45. The lowest BCUT2D eigenvalue weighted by molar-refractivity contribution is -0.160. The van der Waals surface area contributed by atoms with Crippen molar-refractivity contribution in [2.75, 3.05) is 6.61 Å². The third-order valence-corrected chi connectivity index (χ3v) is 1.07. The molecule has 0 unspecified atom stereocenters. The van der Waals surface area contributed by atoms with Gasteiger partial charge in [-0.05, 0) is 6.92 Å². The first kappa shape index (κ1) is 16.9. The number of carbonyl (C=O) groups is 2. The molecule has 0 spiro atoms. The molecular weight excluding hydrogens is 231 g/mol. The van der Waals surface area contributed by atoms with Gasteiger partial charge in [-0.2, -0.15) is 13.2 Å². The van der Waals surface area contributed by atoms with E-state index in [9.17, 15) is 22.8 Å². The Kier molecular flexibility index (Phi) is 8.23. The molecule has 5 nitrogen and oxygen atoms in total. The van der Waals surface area contributed by atoms with E-state index in [0.29, 0.717) is 0 Å². The maximum Gasteiger partial charge on any atom is 0.422 e. The average molecular weight is 245 g/mol. The van der Waals surface area contributed by atoms with Gasteiger partial charge in [-0.25, -0.2) is 4.79 Å². The molecule has 0 saturated heterocycles. The third kappa shape index (κ3) is 10.6. The molecule has 0 aromatic rings. The van der Waals surface area contributed by atoms with Crippen LogP contribution in [0.5, 0.6) is 0 Å². The molecule has 0 rings (SSSR count). The number of halogens is 3. The molecule has 8 heteroatoms. The van der Waals surface area contributed by atoms with Crippen LogP contribution in [-0.4, -0.2) is 36.0 Å². The highest BCUT2D eigenvalue weighted by molar-refractivity contribution is 5.79. The molecule has 16 heavy (non-hydrogen) atoms. The quantitative estimate of drug-likeness (QED) is 0.794. The average Bonchev–Trinajstić information content (AvgIpc) is 2.16. The first-order chi connectivity index (χ1) is 7.22. The third-order valence-electron chi connectivity index (χ3n) is 1.07. The van der Waals surface area contributed by atoms with Crippen LogP contribution in [-0.2, 0) is 9.53 Å². The molecule has 0 radical (unpaired) electrons. The number of rotatable bonds is 3. The fourth-order valence-corrected chi connectivity index (χ4v) is 0.428. The van der Waals surface area contributed by atoms with Crippen LogP contribution in [0, 0.1) is 0 Å². The minimum absolute atomic E-state index is 1.09. The molecular formula is C8H14F3NO4. The molecule has 0 aliphatic heterocycles. The van der Waals surface area contributed by atoms with Gasteiger partial charge >= 0.3 is 18.2 Å². The highest BCUT2D eigenvalue weighted by Crippen LogP contribution is 2.14. The Hall–Kier alpha value is -1.47. The van der Waals surface area contributed by atoms with Gasteiger partial charge in [-0.1, -0.05) is 13.8 Å². The van der Waals surface area contributed by atoms with Gasteiger partial charge in [0.25, 0.3) is 0 Å². The number of alkyl halides is 3. The maximum absolute atomic E-state index is 11.5. The van der Waals surface area contributed by atoms with Crippen molar-refractivity contribution < 1.29 is 32.6 Å². The number of ether oxygens (including phenoxy) is 1. The van der Waals surface area contributed by atoms with Crippen molar-refractivity contribution in [3.05, 3.63) is 0 Å². The smallest absolute Gasteiger partial charge is 0.422 e. The summed E-state index contributed by atoms with van der Waals surface area (Å²) in [6, 6.07) is -1.30. The van der Waals surface area contributed by atoms with E-state index in [4.69, 9.17) is 5.11 Å². The van der Waals surface area contributed by atoms with E-state index >= 15 is 0 Å². The van der Waals surface area contributed by atoms with Crippen LogP contribution in [0.2, 0.25) is 0 Å². The predicted octanol–water partition coefficient (Wildman–Crippen LogP) is 1.77. The lowest BCUT2D eigenvalue weighted by atomic mass is 10.4. The Labute approximate surface area is 90.6 Å². The monoisotopic (exact) mass is 245 g/mol. The Bertz CT molecular complexity index is 230. The van der Waals surface area contributed by atoms with Crippen molar-refractivity contribution in [2.45, 2.75) is 33.0 Å². The highest BCUT2D eigenvalue weighted by Gasteiger charge is 2.30. The number of carboxylic acid groups (broad SMARTS) is 1. The highest BCUT2D eigenvalue weighted by atomic mass is 19.4. The fraction of sp³-hybridized carbons (Fsp3) is 0.750. The van der Waals surface area contributed by atoms with Crippen molar-refractivity contribution in [1.29, 1.82) is 0 Å². The molecule has 0 aromatic carbocycles. The van der Waals surface area contributed by atoms with E-state index in [2.05, 4.69) is 4.74 Å². The van der Waals surface area contributed by atoms with E-state index in [1.54, 1.807) is 5.32 Å². The molecule has 0 heterocycles. The van der Waals surface area contributed by atoms with E-state index in [1.165, 1.54) is 0 Å². The van der Waals surface area contributed by atoms with E-state index in [-0.39, 0.29) is 0 Å². The number of alkyl carbamates (subject to hydrolysis) is 1. The number of amides is 1. The molecule has 0 aromatic heterocycles. The summed E-state index contributed by atoms with van der Waals surface area (Å²) in [5.41, 5.74) is 0. The number of hydrogen-bond acceptors (Lipinski definition) is 3. The second-order valence-electron chi connectivity index (χ2n) is 2.40. The number of nitrogens with one attached hydrogen (secondary N) is 1. The van der Waals surface area contributed by atoms with Crippen molar-refractivity contribution >= 4 is 12.1 Å². The summed E-state index contributed by atoms with van der Waals surface area (Å²) in [6.45, 7) is 3.35. The van der Waals surface area contributed by atoms with E-state index in [1.807, 2.05) is 13.8 Å². The second-order valence-corrected chi connectivity index (χ2v) is 2.40. The Balaban J connectivity index is 0. The summed E-state index contributed by atoms with van der Waals surface area (Å²) in [5.74, 6) is -1.37. The molecule has 96 valence electrons. The van der Waals surface area contributed by atoms with Crippen LogP contribution in [0.1, 0.15) is 20.8 Å². The summed E-state index contributed by atoms with van der Waals surface area (Å²) >= 11 is 0. The minimum Gasteiger partial charge on any atom is -0.480 e. The maximum atomic E-state index is 11.5. The van der Waals surface area contributed by atoms with Gasteiger partial charge in [0, 0.05) is 0 Å². The first-order valence-electron chi connectivity index (χ1n) is 4.45. The number of carbonyl (C=O) groups excluding carboxylic acids is 1. The zero-order valence-corrected chi connectivity index (χ0v) is 9.09. The SMILES string of the molecule is CC.C[C@H](NC(=O)OCC(F)(F)F)C(=O)O. The minimum atomic E-state index is -4.62. The molecule has 0 saturated carbocycles. The van der Waals surface area contributed by atoms with Gasteiger partial charge in [0.05, 0.1) is 0 Å². The summed E-state index contributed by atoms with van der Waals surface area (Å²) < 4.78 is 38.2. The lowest BCUT2D eigenvalue weighted by Gasteiger charge is -2.11. The van der Waals surface area contributed by atoms with Gasteiger partial charge in [0.15, 0.2) is 6.61 Å². The van der Waals surface area contributed by atoms with Crippen LogP contribution in [0.25, 0.3) is 0 Å².